The quantitative estimate of drug-likeness (QED) is 0.910. The first-order chi connectivity index (χ1) is 8.31. The predicted octanol–water partition coefficient (Wildman–Crippen LogP) is 3.41. The minimum Gasteiger partial charge on any atom is -0.481 e. The van der Waals surface area contributed by atoms with Gasteiger partial charge in [0.25, 0.3) is 5.91 Å². The molecule has 3 nitrogen and oxygen atoms in total. The lowest BCUT2D eigenvalue weighted by Gasteiger charge is -2.24. The molecule has 0 aromatic heterocycles. The summed E-state index contributed by atoms with van der Waals surface area (Å²) in [6.45, 7) is 7.74. The summed E-state index contributed by atoms with van der Waals surface area (Å²) in [5.74, 6) is 0.503. The van der Waals surface area contributed by atoms with Gasteiger partial charge in [-0.1, -0.05) is 24.6 Å². The topological polar surface area (TPSA) is 38.3 Å². The van der Waals surface area contributed by atoms with E-state index in [0.29, 0.717) is 17.2 Å². The molecule has 0 heterocycles. The SMILES string of the molecule is CC[C@@H](Oc1cccc(Cl)c1)C(=O)NC(C)(C)C. The third-order valence-corrected chi connectivity index (χ3v) is 2.47. The number of amides is 1. The van der Waals surface area contributed by atoms with Gasteiger partial charge >= 0.3 is 0 Å². The zero-order valence-electron chi connectivity index (χ0n) is 11.3. The number of hydrogen-bond acceptors (Lipinski definition) is 2. The molecule has 0 unspecified atom stereocenters. The second kappa shape index (κ2) is 6.10. The maximum Gasteiger partial charge on any atom is 0.261 e. The number of ether oxygens (including phenoxy) is 1. The van der Waals surface area contributed by atoms with E-state index in [1.165, 1.54) is 0 Å². The van der Waals surface area contributed by atoms with Gasteiger partial charge in [0, 0.05) is 10.6 Å². The molecular weight excluding hydrogens is 250 g/mol. The molecule has 0 radical (unpaired) electrons. The van der Waals surface area contributed by atoms with Crippen LogP contribution in [0.5, 0.6) is 5.75 Å². The second-order valence-corrected chi connectivity index (χ2v) is 5.65. The van der Waals surface area contributed by atoms with Crippen LogP contribution in [0.4, 0.5) is 0 Å². The molecular formula is C14H20ClNO2. The van der Waals surface area contributed by atoms with Crippen LogP contribution < -0.4 is 10.1 Å². The average molecular weight is 270 g/mol. The molecule has 100 valence electrons. The van der Waals surface area contributed by atoms with Gasteiger partial charge in [0.15, 0.2) is 6.10 Å². The van der Waals surface area contributed by atoms with Crippen molar-refractivity contribution in [1.82, 2.24) is 5.32 Å². The van der Waals surface area contributed by atoms with Gasteiger partial charge in [-0.3, -0.25) is 4.79 Å². The Balaban J connectivity index is 2.70. The minimum absolute atomic E-state index is 0.107. The monoisotopic (exact) mass is 269 g/mol. The van der Waals surface area contributed by atoms with Crippen molar-refractivity contribution in [2.24, 2.45) is 0 Å². The fourth-order valence-electron chi connectivity index (χ4n) is 1.48. The molecule has 18 heavy (non-hydrogen) atoms. The van der Waals surface area contributed by atoms with E-state index in [1.807, 2.05) is 27.7 Å². The molecule has 0 fully saturated rings. The van der Waals surface area contributed by atoms with Gasteiger partial charge in [-0.05, 0) is 45.4 Å². The van der Waals surface area contributed by atoms with Gasteiger partial charge in [0.2, 0.25) is 0 Å². The lowest BCUT2D eigenvalue weighted by molar-refractivity contribution is -0.129. The van der Waals surface area contributed by atoms with Crippen LogP contribution in [0.3, 0.4) is 0 Å². The Bertz CT molecular complexity index is 413. The van der Waals surface area contributed by atoms with Crippen molar-refractivity contribution in [3.8, 4) is 5.75 Å². The lowest BCUT2D eigenvalue weighted by atomic mass is 10.1. The molecule has 0 saturated carbocycles. The summed E-state index contributed by atoms with van der Waals surface area (Å²) in [5, 5.41) is 3.50. The molecule has 0 saturated heterocycles. The Kier molecular flexibility index (Phi) is 5.03. The van der Waals surface area contributed by atoms with E-state index in [0.717, 1.165) is 0 Å². The van der Waals surface area contributed by atoms with Gasteiger partial charge in [0.1, 0.15) is 5.75 Å². The van der Waals surface area contributed by atoms with Crippen LogP contribution in [0.25, 0.3) is 0 Å². The predicted molar refractivity (Wildman–Crippen MR) is 74.1 cm³/mol. The third kappa shape index (κ3) is 4.96. The Labute approximate surface area is 113 Å². The summed E-state index contributed by atoms with van der Waals surface area (Å²) in [6.07, 6.45) is 0.108. The van der Waals surface area contributed by atoms with E-state index >= 15 is 0 Å². The van der Waals surface area contributed by atoms with Gasteiger partial charge in [-0.25, -0.2) is 0 Å². The van der Waals surface area contributed by atoms with Gasteiger partial charge < -0.3 is 10.1 Å². The minimum atomic E-state index is -0.498. The van der Waals surface area contributed by atoms with Crippen molar-refractivity contribution in [3.63, 3.8) is 0 Å². The Morgan fingerprint density at radius 2 is 2.11 bits per heavy atom. The standard InChI is InChI=1S/C14H20ClNO2/c1-5-12(13(17)16-14(2,3)4)18-11-8-6-7-10(15)9-11/h6-9,12H,5H2,1-4H3,(H,16,17)/t12-/m1/s1. The molecule has 1 atom stereocenters. The Hall–Kier alpha value is -1.22. The largest absolute Gasteiger partial charge is 0.481 e. The van der Waals surface area contributed by atoms with Crippen LogP contribution in [0.1, 0.15) is 34.1 Å². The first kappa shape index (κ1) is 14.8. The molecule has 0 bridgehead atoms. The van der Waals surface area contributed by atoms with Crippen molar-refractivity contribution < 1.29 is 9.53 Å². The van der Waals surface area contributed by atoms with Crippen LogP contribution >= 0.6 is 11.6 Å². The molecule has 0 spiro atoms. The first-order valence-electron chi connectivity index (χ1n) is 6.06. The lowest BCUT2D eigenvalue weighted by Crippen LogP contribution is -2.47. The van der Waals surface area contributed by atoms with Gasteiger partial charge in [-0.15, -0.1) is 0 Å². The van der Waals surface area contributed by atoms with Crippen molar-refractivity contribution in [3.05, 3.63) is 29.3 Å². The molecule has 0 aliphatic rings. The van der Waals surface area contributed by atoms with Gasteiger partial charge in [0.05, 0.1) is 0 Å². The number of hydrogen-bond donors (Lipinski definition) is 1. The Morgan fingerprint density at radius 1 is 1.44 bits per heavy atom. The number of nitrogens with one attached hydrogen (secondary N) is 1. The summed E-state index contributed by atoms with van der Waals surface area (Å²) in [7, 11) is 0. The number of carbonyl (C=O) groups excluding carboxylic acids is 1. The molecule has 1 N–H and O–H groups in total. The van der Waals surface area contributed by atoms with E-state index in [9.17, 15) is 4.79 Å². The smallest absolute Gasteiger partial charge is 0.261 e. The zero-order valence-corrected chi connectivity index (χ0v) is 12.0. The van der Waals surface area contributed by atoms with E-state index in [1.54, 1.807) is 24.3 Å². The number of benzene rings is 1. The number of carbonyl (C=O) groups is 1. The molecule has 0 aliphatic carbocycles. The van der Waals surface area contributed by atoms with E-state index < -0.39 is 6.10 Å². The second-order valence-electron chi connectivity index (χ2n) is 5.21. The fourth-order valence-corrected chi connectivity index (χ4v) is 1.66. The van der Waals surface area contributed by atoms with E-state index in [-0.39, 0.29) is 11.4 Å². The van der Waals surface area contributed by atoms with E-state index in [2.05, 4.69) is 5.32 Å². The highest BCUT2D eigenvalue weighted by Crippen LogP contribution is 2.19. The third-order valence-electron chi connectivity index (χ3n) is 2.24. The highest BCUT2D eigenvalue weighted by Gasteiger charge is 2.22. The summed E-state index contributed by atoms with van der Waals surface area (Å²) in [4.78, 5) is 12.0. The van der Waals surface area contributed by atoms with Crippen LogP contribution in [0.15, 0.2) is 24.3 Å². The Morgan fingerprint density at radius 3 is 2.61 bits per heavy atom. The molecule has 1 rings (SSSR count). The number of rotatable bonds is 4. The summed E-state index contributed by atoms with van der Waals surface area (Å²) >= 11 is 5.88. The van der Waals surface area contributed by atoms with Crippen molar-refractivity contribution in [1.29, 1.82) is 0 Å². The van der Waals surface area contributed by atoms with Crippen molar-refractivity contribution >= 4 is 17.5 Å². The zero-order chi connectivity index (χ0) is 13.8. The molecule has 1 amide bonds. The van der Waals surface area contributed by atoms with Crippen LogP contribution in [-0.4, -0.2) is 17.6 Å². The van der Waals surface area contributed by atoms with Crippen LogP contribution in [0, 0.1) is 0 Å². The maximum absolute atomic E-state index is 12.0. The highest BCUT2D eigenvalue weighted by atomic mass is 35.5. The fraction of sp³-hybridized carbons (Fsp3) is 0.500. The van der Waals surface area contributed by atoms with E-state index in [4.69, 9.17) is 16.3 Å². The molecule has 1 aromatic carbocycles. The van der Waals surface area contributed by atoms with Gasteiger partial charge in [-0.2, -0.15) is 0 Å². The summed E-state index contributed by atoms with van der Waals surface area (Å²) < 4.78 is 5.66. The van der Waals surface area contributed by atoms with Crippen LogP contribution in [-0.2, 0) is 4.79 Å². The number of halogens is 1. The first-order valence-corrected chi connectivity index (χ1v) is 6.44. The molecule has 4 heteroatoms. The molecule has 0 aliphatic heterocycles. The average Bonchev–Trinajstić information content (AvgIpc) is 2.23. The highest BCUT2D eigenvalue weighted by molar-refractivity contribution is 6.30. The maximum atomic E-state index is 12.0. The van der Waals surface area contributed by atoms with Crippen LogP contribution in [0.2, 0.25) is 5.02 Å². The summed E-state index contributed by atoms with van der Waals surface area (Å²) in [5.41, 5.74) is -0.262. The normalized spacial score (nSPS) is 12.9. The summed E-state index contributed by atoms with van der Waals surface area (Å²) in [6, 6.07) is 7.06. The van der Waals surface area contributed by atoms with Crippen molar-refractivity contribution in [2.45, 2.75) is 45.8 Å². The molecule has 1 aromatic rings. The van der Waals surface area contributed by atoms with Crippen molar-refractivity contribution in [2.75, 3.05) is 0 Å².